The summed E-state index contributed by atoms with van der Waals surface area (Å²) in [6, 6.07) is 6.79. The van der Waals surface area contributed by atoms with Gasteiger partial charge < -0.3 is 9.84 Å². The van der Waals surface area contributed by atoms with E-state index in [-0.39, 0.29) is 6.42 Å². The minimum absolute atomic E-state index is 0.188. The van der Waals surface area contributed by atoms with Crippen molar-refractivity contribution in [3.8, 4) is 0 Å². The minimum Gasteiger partial charge on any atom is -0.481 e. The number of ether oxygens (including phenoxy) is 1. The van der Waals surface area contributed by atoms with E-state index in [2.05, 4.69) is 4.99 Å². The molecule has 0 heterocycles. The molecule has 6 heteroatoms. The molecule has 1 N–H and O–H groups in total. The molecular weight excluding hydrogens is 294 g/mol. The number of benzene rings is 1. The molecule has 0 aliphatic carbocycles. The van der Waals surface area contributed by atoms with Crippen molar-refractivity contribution in [2.24, 2.45) is 4.99 Å². The highest BCUT2D eigenvalue weighted by Crippen LogP contribution is 2.21. The standard InChI is InChI=1S/C15H18ClNO4/c1-15(2,3)21-14(20)17-9-11(8-13(18)19)10-5-4-6-12(16)7-10/h4-7,9,11H,8H2,1-3H3,(H,18,19)/b17-9-. The second-order valence-corrected chi connectivity index (χ2v) is 5.95. The molecule has 0 fully saturated rings. The lowest BCUT2D eigenvalue weighted by Crippen LogP contribution is -2.22. The highest BCUT2D eigenvalue weighted by molar-refractivity contribution is 6.30. The number of aliphatic carboxylic acids is 1. The quantitative estimate of drug-likeness (QED) is 0.855. The summed E-state index contributed by atoms with van der Waals surface area (Å²) in [7, 11) is 0. The summed E-state index contributed by atoms with van der Waals surface area (Å²) >= 11 is 5.89. The molecule has 0 spiro atoms. The molecule has 5 nitrogen and oxygen atoms in total. The Morgan fingerprint density at radius 3 is 2.62 bits per heavy atom. The number of carbonyl (C=O) groups excluding carboxylic acids is 1. The number of rotatable bonds is 4. The van der Waals surface area contributed by atoms with Gasteiger partial charge in [-0.15, -0.1) is 0 Å². The van der Waals surface area contributed by atoms with Gasteiger partial charge in [0.25, 0.3) is 0 Å². The van der Waals surface area contributed by atoms with E-state index in [4.69, 9.17) is 21.4 Å². The topological polar surface area (TPSA) is 76.0 Å². The molecule has 1 aromatic carbocycles. The molecule has 21 heavy (non-hydrogen) atoms. The minimum atomic E-state index is -0.990. The lowest BCUT2D eigenvalue weighted by Gasteiger charge is -2.17. The van der Waals surface area contributed by atoms with Crippen LogP contribution in [0.3, 0.4) is 0 Å². The van der Waals surface area contributed by atoms with E-state index in [9.17, 15) is 9.59 Å². The molecular formula is C15H18ClNO4. The number of carbonyl (C=O) groups is 2. The third kappa shape index (κ3) is 6.90. The van der Waals surface area contributed by atoms with Gasteiger partial charge in [-0.2, -0.15) is 4.99 Å². The summed E-state index contributed by atoms with van der Waals surface area (Å²) in [6.45, 7) is 5.18. The maximum absolute atomic E-state index is 11.6. The normalized spacial score (nSPS) is 13.1. The van der Waals surface area contributed by atoms with Gasteiger partial charge >= 0.3 is 12.1 Å². The number of nitrogens with zero attached hydrogens (tertiary/aromatic N) is 1. The predicted molar refractivity (Wildman–Crippen MR) is 81.2 cm³/mol. The fraction of sp³-hybridized carbons (Fsp3) is 0.400. The van der Waals surface area contributed by atoms with E-state index >= 15 is 0 Å². The first-order valence-electron chi connectivity index (χ1n) is 6.42. The second-order valence-electron chi connectivity index (χ2n) is 5.52. The molecule has 1 aromatic rings. The Hall–Kier alpha value is -1.88. The Bertz CT molecular complexity index is 549. The van der Waals surface area contributed by atoms with E-state index in [0.29, 0.717) is 10.6 Å². The van der Waals surface area contributed by atoms with Gasteiger partial charge in [0.1, 0.15) is 5.60 Å². The summed E-state index contributed by atoms with van der Waals surface area (Å²) in [6.07, 6.45) is 0.348. The van der Waals surface area contributed by atoms with Crippen molar-refractivity contribution in [1.82, 2.24) is 0 Å². The molecule has 1 atom stereocenters. The van der Waals surface area contributed by atoms with Crippen LogP contribution in [-0.2, 0) is 9.53 Å². The average Bonchev–Trinajstić information content (AvgIpc) is 2.31. The monoisotopic (exact) mass is 311 g/mol. The molecule has 0 bridgehead atoms. The molecule has 0 radical (unpaired) electrons. The molecule has 0 saturated heterocycles. The zero-order valence-corrected chi connectivity index (χ0v) is 12.9. The molecule has 0 aliphatic heterocycles. The van der Waals surface area contributed by atoms with Gasteiger partial charge in [-0.05, 0) is 38.5 Å². The van der Waals surface area contributed by atoms with Crippen LogP contribution in [0.5, 0.6) is 0 Å². The van der Waals surface area contributed by atoms with Crippen LogP contribution in [-0.4, -0.2) is 29.0 Å². The van der Waals surface area contributed by atoms with Gasteiger partial charge in [0, 0.05) is 17.2 Å². The highest BCUT2D eigenvalue weighted by atomic mass is 35.5. The smallest absolute Gasteiger partial charge is 0.433 e. The van der Waals surface area contributed by atoms with E-state index < -0.39 is 23.6 Å². The number of carboxylic acid groups (broad SMARTS) is 1. The van der Waals surface area contributed by atoms with Gasteiger partial charge in [0.05, 0.1) is 6.42 Å². The van der Waals surface area contributed by atoms with Crippen molar-refractivity contribution in [2.75, 3.05) is 0 Å². The van der Waals surface area contributed by atoms with E-state index in [1.807, 2.05) is 0 Å². The van der Waals surface area contributed by atoms with Crippen molar-refractivity contribution >= 4 is 29.9 Å². The average molecular weight is 312 g/mol. The fourth-order valence-corrected chi connectivity index (χ4v) is 1.82. The number of amides is 1. The molecule has 1 rings (SSSR count). The summed E-state index contributed by atoms with van der Waals surface area (Å²) < 4.78 is 5.04. The summed E-state index contributed by atoms with van der Waals surface area (Å²) in [5, 5.41) is 9.45. The number of halogens is 1. The van der Waals surface area contributed by atoms with Crippen molar-refractivity contribution in [1.29, 1.82) is 0 Å². The second kappa shape index (κ2) is 7.22. The van der Waals surface area contributed by atoms with Crippen LogP contribution >= 0.6 is 11.6 Å². The predicted octanol–water partition coefficient (Wildman–Crippen LogP) is 3.90. The maximum atomic E-state index is 11.6. The number of hydrogen-bond donors (Lipinski definition) is 1. The Balaban J connectivity index is 2.89. The van der Waals surface area contributed by atoms with Gasteiger partial charge in [0.2, 0.25) is 0 Å². The van der Waals surface area contributed by atoms with Crippen LogP contribution in [0, 0.1) is 0 Å². The largest absolute Gasteiger partial charge is 0.481 e. The third-order valence-corrected chi connectivity index (χ3v) is 2.66. The lowest BCUT2D eigenvalue weighted by molar-refractivity contribution is -0.137. The maximum Gasteiger partial charge on any atom is 0.433 e. The molecule has 0 saturated carbocycles. The van der Waals surface area contributed by atoms with Crippen molar-refractivity contribution in [3.63, 3.8) is 0 Å². The molecule has 0 aromatic heterocycles. The molecule has 114 valence electrons. The number of hydrogen-bond acceptors (Lipinski definition) is 3. The van der Waals surface area contributed by atoms with E-state index in [0.717, 1.165) is 0 Å². The van der Waals surface area contributed by atoms with Gasteiger partial charge in [0.15, 0.2) is 0 Å². The van der Waals surface area contributed by atoms with Gasteiger partial charge in [-0.3, -0.25) is 4.79 Å². The van der Waals surface area contributed by atoms with Crippen molar-refractivity contribution in [2.45, 2.75) is 38.7 Å². The third-order valence-electron chi connectivity index (χ3n) is 2.42. The van der Waals surface area contributed by atoms with E-state index in [1.165, 1.54) is 6.21 Å². The van der Waals surface area contributed by atoms with Crippen molar-refractivity contribution < 1.29 is 19.4 Å². The van der Waals surface area contributed by atoms with Crippen LogP contribution in [0.25, 0.3) is 0 Å². The van der Waals surface area contributed by atoms with Crippen LogP contribution in [0.2, 0.25) is 5.02 Å². The van der Waals surface area contributed by atoms with Gasteiger partial charge in [-0.25, -0.2) is 4.79 Å². The fourth-order valence-electron chi connectivity index (χ4n) is 1.62. The number of carboxylic acids is 1. The highest BCUT2D eigenvalue weighted by Gasteiger charge is 2.17. The molecule has 0 aliphatic rings. The van der Waals surface area contributed by atoms with Crippen LogP contribution in [0.15, 0.2) is 29.3 Å². The first-order chi connectivity index (χ1) is 9.67. The Morgan fingerprint density at radius 2 is 2.10 bits per heavy atom. The Kier molecular flexibility index (Phi) is 5.90. The van der Waals surface area contributed by atoms with Crippen LogP contribution in [0.1, 0.15) is 38.7 Å². The lowest BCUT2D eigenvalue weighted by atomic mass is 9.97. The van der Waals surface area contributed by atoms with Gasteiger partial charge in [-0.1, -0.05) is 23.7 Å². The Morgan fingerprint density at radius 1 is 1.43 bits per heavy atom. The Labute approximate surface area is 128 Å². The summed E-state index contributed by atoms with van der Waals surface area (Å²) in [4.78, 5) is 26.2. The van der Waals surface area contributed by atoms with Crippen LogP contribution in [0.4, 0.5) is 4.79 Å². The van der Waals surface area contributed by atoms with E-state index in [1.54, 1.807) is 45.0 Å². The molecule has 1 unspecified atom stereocenters. The summed E-state index contributed by atoms with van der Waals surface area (Å²) in [5.74, 6) is -1.54. The SMILES string of the molecule is CC(C)(C)OC(=O)/N=C\C(CC(=O)O)c1cccc(Cl)c1. The van der Waals surface area contributed by atoms with Crippen LogP contribution < -0.4 is 0 Å². The zero-order valence-electron chi connectivity index (χ0n) is 12.2. The first-order valence-corrected chi connectivity index (χ1v) is 6.79. The summed E-state index contributed by atoms with van der Waals surface area (Å²) in [5.41, 5.74) is 0.0319. The number of aliphatic imine (C=N–C) groups is 1. The molecule has 1 amide bonds. The first kappa shape index (κ1) is 17.2. The zero-order chi connectivity index (χ0) is 16.0. The van der Waals surface area contributed by atoms with Crippen molar-refractivity contribution in [3.05, 3.63) is 34.9 Å².